The van der Waals surface area contributed by atoms with Crippen LogP contribution in [0.2, 0.25) is 0 Å². The molecule has 5 rings (SSSR count). The third-order valence-corrected chi connectivity index (χ3v) is 5.91. The van der Waals surface area contributed by atoms with Crippen molar-refractivity contribution >= 4 is 17.5 Å². The Bertz CT molecular complexity index is 1230. The van der Waals surface area contributed by atoms with Crippen LogP contribution in [-0.2, 0) is 0 Å². The van der Waals surface area contributed by atoms with E-state index in [4.69, 9.17) is 0 Å². The number of piperazine rings is 1. The Morgan fingerprint density at radius 2 is 1.62 bits per heavy atom. The number of hydrogen-bond acceptors (Lipinski definition) is 6. The average molecular weight is 428 g/mol. The van der Waals surface area contributed by atoms with Crippen molar-refractivity contribution in [3.63, 3.8) is 0 Å². The maximum absolute atomic E-state index is 13.3. The van der Waals surface area contributed by atoms with Gasteiger partial charge < -0.3 is 9.80 Å². The molecule has 32 heavy (non-hydrogen) atoms. The number of anilines is 1. The number of rotatable bonds is 4. The molecular weight excluding hydrogens is 402 g/mol. The van der Waals surface area contributed by atoms with E-state index in [0.717, 1.165) is 11.3 Å². The fourth-order valence-corrected chi connectivity index (χ4v) is 4.03. The molecule has 1 aromatic carbocycles. The average Bonchev–Trinajstić information content (AvgIpc) is 3.29. The van der Waals surface area contributed by atoms with E-state index < -0.39 is 0 Å². The molecule has 0 saturated carbocycles. The van der Waals surface area contributed by atoms with E-state index in [1.165, 1.54) is 5.56 Å². The second-order valence-electron chi connectivity index (χ2n) is 8.23. The van der Waals surface area contributed by atoms with Crippen LogP contribution >= 0.6 is 0 Å². The maximum Gasteiger partial charge on any atom is 0.259 e. The van der Waals surface area contributed by atoms with Gasteiger partial charge in [0, 0.05) is 50.3 Å². The molecule has 0 radical (unpaired) electrons. The molecule has 3 aromatic heterocycles. The number of carbonyl (C=O) groups is 1. The summed E-state index contributed by atoms with van der Waals surface area (Å²) >= 11 is 0. The minimum Gasteiger partial charge on any atom is -0.337 e. The van der Waals surface area contributed by atoms with Gasteiger partial charge in [-0.3, -0.25) is 4.79 Å². The van der Waals surface area contributed by atoms with E-state index >= 15 is 0 Å². The second kappa shape index (κ2) is 8.37. The Morgan fingerprint density at radius 1 is 0.906 bits per heavy atom. The van der Waals surface area contributed by atoms with E-state index in [0.29, 0.717) is 49.3 Å². The Morgan fingerprint density at radius 3 is 2.31 bits per heavy atom. The van der Waals surface area contributed by atoms with E-state index in [1.807, 2.05) is 11.0 Å². The van der Waals surface area contributed by atoms with Crippen molar-refractivity contribution in [3.05, 3.63) is 72.3 Å². The van der Waals surface area contributed by atoms with Crippen molar-refractivity contribution in [2.24, 2.45) is 0 Å². The number of benzene rings is 1. The van der Waals surface area contributed by atoms with Crippen molar-refractivity contribution in [1.29, 1.82) is 0 Å². The fourth-order valence-electron chi connectivity index (χ4n) is 4.03. The molecule has 8 nitrogen and oxygen atoms in total. The molecule has 1 aliphatic heterocycles. The van der Waals surface area contributed by atoms with E-state index in [-0.39, 0.29) is 5.91 Å². The monoisotopic (exact) mass is 427 g/mol. The number of aromatic nitrogens is 5. The number of hydrogen-bond donors (Lipinski definition) is 0. The predicted octanol–water partition coefficient (Wildman–Crippen LogP) is 3.27. The van der Waals surface area contributed by atoms with Crippen molar-refractivity contribution in [2.75, 3.05) is 31.1 Å². The lowest BCUT2D eigenvalue weighted by molar-refractivity contribution is 0.0748. The number of amides is 1. The Labute approximate surface area is 186 Å². The summed E-state index contributed by atoms with van der Waals surface area (Å²) in [5.74, 6) is 1.13. The van der Waals surface area contributed by atoms with Gasteiger partial charge in [0.15, 0.2) is 5.65 Å². The summed E-state index contributed by atoms with van der Waals surface area (Å²) < 4.78 is 1.76. The van der Waals surface area contributed by atoms with Crippen molar-refractivity contribution in [1.82, 2.24) is 29.5 Å². The molecule has 1 amide bonds. The minimum atomic E-state index is -0.0477. The van der Waals surface area contributed by atoms with Crippen LogP contribution in [0.3, 0.4) is 0 Å². The maximum atomic E-state index is 13.3. The van der Waals surface area contributed by atoms with Gasteiger partial charge in [0.05, 0.1) is 11.9 Å². The lowest BCUT2D eigenvalue weighted by atomic mass is 10.0. The molecule has 0 spiro atoms. The normalized spacial score (nSPS) is 14.3. The fraction of sp³-hybridized carbons (Fsp3) is 0.292. The summed E-state index contributed by atoms with van der Waals surface area (Å²) in [5, 5.41) is 4.51. The van der Waals surface area contributed by atoms with Gasteiger partial charge in [-0.05, 0) is 23.6 Å². The largest absolute Gasteiger partial charge is 0.337 e. The molecule has 0 bridgehead atoms. The Kier molecular flexibility index (Phi) is 5.26. The molecule has 0 aliphatic carbocycles. The van der Waals surface area contributed by atoms with Crippen molar-refractivity contribution in [2.45, 2.75) is 19.8 Å². The van der Waals surface area contributed by atoms with Gasteiger partial charge >= 0.3 is 0 Å². The molecule has 1 fully saturated rings. The number of carbonyl (C=O) groups excluding carboxylic acids is 1. The Balaban J connectivity index is 1.37. The van der Waals surface area contributed by atoms with Crippen LogP contribution in [0.1, 0.15) is 35.7 Å². The van der Waals surface area contributed by atoms with Gasteiger partial charge in [-0.25, -0.2) is 19.5 Å². The molecule has 4 heterocycles. The van der Waals surface area contributed by atoms with Crippen LogP contribution in [0.5, 0.6) is 0 Å². The zero-order chi connectivity index (χ0) is 22.1. The van der Waals surface area contributed by atoms with E-state index in [2.05, 4.69) is 63.1 Å². The van der Waals surface area contributed by atoms with Gasteiger partial charge in [0.1, 0.15) is 5.56 Å². The first-order valence-corrected chi connectivity index (χ1v) is 10.9. The lowest BCUT2D eigenvalue weighted by Gasteiger charge is -2.34. The number of fused-ring (bicyclic) bond motifs is 1. The third kappa shape index (κ3) is 3.68. The molecular formula is C24H25N7O. The van der Waals surface area contributed by atoms with Crippen LogP contribution in [-0.4, -0.2) is 61.6 Å². The minimum absolute atomic E-state index is 0.0477. The highest BCUT2D eigenvalue weighted by Gasteiger charge is 2.26. The first-order valence-electron chi connectivity index (χ1n) is 10.9. The summed E-state index contributed by atoms with van der Waals surface area (Å²) in [4.78, 5) is 30.3. The highest BCUT2D eigenvalue weighted by Crippen LogP contribution is 2.24. The molecule has 1 aliphatic rings. The van der Waals surface area contributed by atoms with Gasteiger partial charge in [-0.2, -0.15) is 5.10 Å². The first-order chi connectivity index (χ1) is 15.6. The highest BCUT2D eigenvalue weighted by atomic mass is 16.2. The molecule has 0 N–H and O–H groups in total. The van der Waals surface area contributed by atoms with Crippen LogP contribution in [0.25, 0.3) is 16.9 Å². The van der Waals surface area contributed by atoms with Gasteiger partial charge in [-0.15, -0.1) is 0 Å². The van der Waals surface area contributed by atoms with Gasteiger partial charge in [-0.1, -0.05) is 38.1 Å². The van der Waals surface area contributed by atoms with Crippen molar-refractivity contribution in [3.8, 4) is 11.3 Å². The summed E-state index contributed by atoms with van der Waals surface area (Å²) in [6, 6.07) is 12.2. The second-order valence-corrected chi connectivity index (χ2v) is 8.23. The summed E-state index contributed by atoms with van der Waals surface area (Å²) in [6.07, 6.45) is 6.84. The highest BCUT2D eigenvalue weighted by molar-refractivity contribution is 6.00. The van der Waals surface area contributed by atoms with Crippen LogP contribution < -0.4 is 4.90 Å². The van der Waals surface area contributed by atoms with Gasteiger partial charge in [0.2, 0.25) is 5.95 Å². The molecule has 162 valence electrons. The van der Waals surface area contributed by atoms with Gasteiger partial charge in [0.25, 0.3) is 5.91 Å². The smallest absolute Gasteiger partial charge is 0.259 e. The zero-order valence-electron chi connectivity index (χ0n) is 18.2. The first kappa shape index (κ1) is 20.1. The standard InChI is InChI=1S/C24H25N7O/c1-17(2)18-4-6-19(7-5-18)21-8-11-25-22-20(16-28-31(21)22)23(32)29-12-14-30(15-13-29)24-26-9-3-10-27-24/h3-11,16-17H,12-15H2,1-2H3. The van der Waals surface area contributed by atoms with E-state index in [1.54, 1.807) is 35.4 Å². The summed E-state index contributed by atoms with van der Waals surface area (Å²) in [5.41, 5.74) is 4.34. The Hall–Kier alpha value is -3.81. The molecule has 8 heteroatoms. The quantitative estimate of drug-likeness (QED) is 0.497. The third-order valence-electron chi connectivity index (χ3n) is 5.91. The molecule has 0 unspecified atom stereocenters. The summed E-state index contributed by atoms with van der Waals surface area (Å²) in [6.45, 7) is 6.94. The molecule has 0 atom stereocenters. The zero-order valence-corrected chi connectivity index (χ0v) is 18.2. The SMILES string of the molecule is CC(C)c1ccc(-c2ccnc3c(C(=O)N4CCN(c5ncccn5)CC4)cnn23)cc1. The van der Waals surface area contributed by atoms with Crippen LogP contribution in [0, 0.1) is 0 Å². The lowest BCUT2D eigenvalue weighted by Crippen LogP contribution is -2.49. The summed E-state index contributed by atoms with van der Waals surface area (Å²) in [7, 11) is 0. The predicted molar refractivity (Wildman–Crippen MR) is 123 cm³/mol. The van der Waals surface area contributed by atoms with Crippen LogP contribution in [0.4, 0.5) is 5.95 Å². The molecule has 4 aromatic rings. The van der Waals surface area contributed by atoms with E-state index in [9.17, 15) is 4.79 Å². The van der Waals surface area contributed by atoms with Crippen molar-refractivity contribution < 1.29 is 4.79 Å². The van der Waals surface area contributed by atoms with Crippen LogP contribution in [0.15, 0.2) is 61.2 Å². The molecule has 1 saturated heterocycles. The topological polar surface area (TPSA) is 79.5 Å². The number of nitrogens with zero attached hydrogens (tertiary/aromatic N) is 7.